The van der Waals surface area contributed by atoms with E-state index in [1.807, 2.05) is 24.3 Å². The van der Waals surface area contributed by atoms with E-state index in [0.717, 1.165) is 12.2 Å². The number of carbonyl (C=O) groups excluding carboxylic acids is 1. The third kappa shape index (κ3) is 4.75. The molecule has 0 spiro atoms. The predicted octanol–water partition coefficient (Wildman–Crippen LogP) is 1.47. The smallest absolute Gasteiger partial charge is 0.222 e. The van der Waals surface area contributed by atoms with Crippen LogP contribution in [-0.2, 0) is 11.2 Å². The van der Waals surface area contributed by atoms with Crippen molar-refractivity contribution in [3.63, 3.8) is 0 Å². The van der Waals surface area contributed by atoms with Gasteiger partial charge in [0.2, 0.25) is 5.91 Å². The molecule has 0 fully saturated rings. The molecule has 0 bridgehead atoms. The van der Waals surface area contributed by atoms with Crippen LogP contribution >= 0.6 is 0 Å². The Labute approximate surface area is 108 Å². The number of carbonyl (C=O) groups is 1. The van der Waals surface area contributed by atoms with E-state index >= 15 is 0 Å². The summed E-state index contributed by atoms with van der Waals surface area (Å²) in [5.41, 5.74) is 1.18. The van der Waals surface area contributed by atoms with Crippen LogP contribution in [0.15, 0.2) is 24.3 Å². The second-order valence-electron chi connectivity index (χ2n) is 4.24. The van der Waals surface area contributed by atoms with E-state index < -0.39 is 0 Å². The van der Waals surface area contributed by atoms with E-state index in [9.17, 15) is 4.79 Å². The molecule has 0 aliphatic heterocycles. The molecule has 100 valence electrons. The van der Waals surface area contributed by atoms with Gasteiger partial charge in [0, 0.05) is 26.6 Å². The number of methoxy groups -OCH3 is 1. The SMILES string of the molecule is COc1ccc(CCN(C)C(=O)CCCO)cc1. The van der Waals surface area contributed by atoms with Gasteiger partial charge in [-0.25, -0.2) is 0 Å². The molecule has 1 aromatic carbocycles. The Morgan fingerprint density at radius 3 is 2.56 bits per heavy atom. The Bertz CT molecular complexity index is 362. The minimum absolute atomic E-state index is 0.0675. The van der Waals surface area contributed by atoms with Crippen molar-refractivity contribution in [1.82, 2.24) is 4.90 Å². The number of hydrogen-bond acceptors (Lipinski definition) is 3. The minimum atomic E-state index is 0.0675. The molecule has 0 aromatic heterocycles. The maximum atomic E-state index is 11.6. The fourth-order valence-corrected chi connectivity index (χ4v) is 1.63. The zero-order valence-electron chi connectivity index (χ0n) is 11.1. The second kappa shape index (κ2) is 7.71. The second-order valence-corrected chi connectivity index (χ2v) is 4.24. The Morgan fingerprint density at radius 1 is 1.33 bits per heavy atom. The first-order valence-electron chi connectivity index (χ1n) is 6.15. The lowest BCUT2D eigenvalue weighted by molar-refractivity contribution is -0.130. The molecule has 1 amide bonds. The fourth-order valence-electron chi connectivity index (χ4n) is 1.63. The zero-order chi connectivity index (χ0) is 13.4. The largest absolute Gasteiger partial charge is 0.497 e. The number of benzene rings is 1. The number of amides is 1. The highest BCUT2D eigenvalue weighted by Gasteiger charge is 2.07. The highest BCUT2D eigenvalue weighted by Crippen LogP contribution is 2.12. The molecule has 18 heavy (non-hydrogen) atoms. The van der Waals surface area contributed by atoms with Crippen molar-refractivity contribution in [2.75, 3.05) is 27.3 Å². The van der Waals surface area contributed by atoms with Crippen molar-refractivity contribution in [3.8, 4) is 5.75 Å². The molecule has 0 unspecified atom stereocenters. The maximum Gasteiger partial charge on any atom is 0.222 e. The summed E-state index contributed by atoms with van der Waals surface area (Å²) in [5, 5.41) is 8.67. The van der Waals surface area contributed by atoms with Gasteiger partial charge in [-0.2, -0.15) is 0 Å². The van der Waals surface area contributed by atoms with Gasteiger partial charge in [-0.05, 0) is 30.5 Å². The summed E-state index contributed by atoms with van der Waals surface area (Å²) in [6.45, 7) is 0.759. The van der Waals surface area contributed by atoms with Gasteiger partial charge < -0.3 is 14.7 Å². The highest BCUT2D eigenvalue weighted by molar-refractivity contribution is 5.75. The van der Waals surface area contributed by atoms with E-state index in [1.165, 1.54) is 5.56 Å². The third-order valence-electron chi connectivity index (χ3n) is 2.87. The molecule has 1 rings (SSSR count). The molecule has 0 atom stereocenters. The lowest BCUT2D eigenvalue weighted by Crippen LogP contribution is -2.28. The van der Waals surface area contributed by atoms with Gasteiger partial charge in [0.15, 0.2) is 0 Å². The summed E-state index contributed by atoms with van der Waals surface area (Å²) < 4.78 is 5.09. The normalized spacial score (nSPS) is 10.2. The van der Waals surface area contributed by atoms with Gasteiger partial charge in [-0.1, -0.05) is 12.1 Å². The van der Waals surface area contributed by atoms with Crippen LogP contribution in [0.3, 0.4) is 0 Å². The molecular weight excluding hydrogens is 230 g/mol. The number of aliphatic hydroxyl groups excluding tert-OH is 1. The molecule has 0 aliphatic carbocycles. The highest BCUT2D eigenvalue weighted by atomic mass is 16.5. The lowest BCUT2D eigenvalue weighted by Gasteiger charge is -2.17. The average molecular weight is 251 g/mol. The van der Waals surface area contributed by atoms with Crippen LogP contribution in [0, 0.1) is 0 Å². The Kier molecular flexibility index (Phi) is 6.22. The molecule has 4 nitrogen and oxygen atoms in total. The van der Waals surface area contributed by atoms with Gasteiger partial charge in [-0.3, -0.25) is 4.79 Å². The number of aliphatic hydroxyl groups is 1. The van der Waals surface area contributed by atoms with Gasteiger partial charge in [0.25, 0.3) is 0 Å². The van der Waals surface area contributed by atoms with Crippen molar-refractivity contribution < 1.29 is 14.6 Å². The summed E-state index contributed by atoms with van der Waals surface area (Å²) >= 11 is 0. The quantitative estimate of drug-likeness (QED) is 0.798. The third-order valence-corrected chi connectivity index (χ3v) is 2.87. The number of ether oxygens (including phenoxy) is 1. The van der Waals surface area contributed by atoms with Gasteiger partial charge in [0.1, 0.15) is 5.75 Å². The predicted molar refractivity (Wildman–Crippen MR) is 70.7 cm³/mol. The van der Waals surface area contributed by atoms with Crippen LogP contribution in [0.4, 0.5) is 0 Å². The van der Waals surface area contributed by atoms with E-state index in [2.05, 4.69) is 0 Å². The van der Waals surface area contributed by atoms with Crippen molar-refractivity contribution in [1.29, 1.82) is 0 Å². The summed E-state index contributed by atoms with van der Waals surface area (Å²) in [6.07, 6.45) is 1.77. The van der Waals surface area contributed by atoms with E-state index in [-0.39, 0.29) is 12.5 Å². The zero-order valence-corrected chi connectivity index (χ0v) is 11.1. The molecule has 1 aromatic rings. The number of nitrogens with zero attached hydrogens (tertiary/aromatic N) is 1. The van der Waals surface area contributed by atoms with Crippen LogP contribution in [0.25, 0.3) is 0 Å². The van der Waals surface area contributed by atoms with Gasteiger partial charge >= 0.3 is 0 Å². The summed E-state index contributed by atoms with van der Waals surface area (Å²) in [7, 11) is 3.44. The first-order chi connectivity index (χ1) is 8.67. The maximum absolute atomic E-state index is 11.6. The minimum Gasteiger partial charge on any atom is -0.497 e. The number of rotatable bonds is 7. The Balaban J connectivity index is 2.36. The molecule has 1 N–H and O–H groups in total. The average Bonchev–Trinajstić information content (AvgIpc) is 2.42. The molecule has 0 saturated carbocycles. The standard InChI is InChI=1S/C14H21NO3/c1-15(14(17)4-3-11-16)10-9-12-5-7-13(18-2)8-6-12/h5-8,16H,3-4,9-11H2,1-2H3. The van der Waals surface area contributed by atoms with Crippen molar-refractivity contribution in [2.24, 2.45) is 0 Å². The Hall–Kier alpha value is -1.55. The first kappa shape index (κ1) is 14.5. The number of likely N-dealkylation sites (N-methyl/N-ethyl adjacent to an activating group) is 1. The lowest BCUT2D eigenvalue weighted by atomic mass is 10.1. The number of hydrogen-bond donors (Lipinski definition) is 1. The summed E-state index contributed by atoms with van der Waals surface area (Å²) in [4.78, 5) is 13.3. The molecule has 0 saturated heterocycles. The molecule has 0 aliphatic rings. The molecule has 0 radical (unpaired) electrons. The van der Waals surface area contributed by atoms with Crippen LogP contribution in [0.2, 0.25) is 0 Å². The monoisotopic (exact) mass is 251 g/mol. The van der Waals surface area contributed by atoms with Crippen LogP contribution in [-0.4, -0.2) is 43.2 Å². The van der Waals surface area contributed by atoms with Crippen LogP contribution < -0.4 is 4.74 Å². The van der Waals surface area contributed by atoms with Crippen LogP contribution in [0.5, 0.6) is 5.75 Å². The molecular formula is C14H21NO3. The molecule has 4 heteroatoms. The fraction of sp³-hybridized carbons (Fsp3) is 0.500. The van der Waals surface area contributed by atoms with E-state index in [4.69, 9.17) is 9.84 Å². The molecule has 0 heterocycles. The van der Waals surface area contributed by atoms with E-state index in [0.29, 0.717) is 19.4 Å². The topological polar surface area (TPSA) is 49.8 Å². The van der Waals surface area contributed by atoms with Gasteiger partial charge in [0.05, 0.1) is 7.11 Å². The van der Waals surface area contributed by atoms with E-state index in [1.54, 1.807) is 19.1 Å². The van der Waals surface area contributed by atoms with Crippen molar-refractivity contribution in [2.45, 2.75) is 19.3 Å². The van der Waals surface area contributed by atoms with Crippen molar-refractivity contribution >= 4 is 5.91 Å². The Morgan fingerprint density at radius 2 is 2.00 bits per heavy atom. The van der Waals surface area contributed by atoms with Gasteiger partial charge in [-0.15, -0.1) is 0 Å². The van der Waals surface area contributed by atoms with Crippen molar-refractivity contribution in [3.05, 3.63) is 29.8 Å². The summed E-state index contributed by atoms with van der Waals surface area (Å²) in [5.74, 6) is 0.920. The van der Waals surface area contributed by atoms with Crippen LogP contribution in [0.1, 0.15) is 18.4 Å². The summed E-state index contributed by atoms with van der Waals surface area (Å²) in [6, 6.07) is 7.85. The first-order valence-corrected chi connectivity index (χ1v) is 6.15.